The maximum atomic E-state index is 12.0. The largest absolute Gasteiger partial charge is 0.339 e. The Balaban J connectivity index is 2.29. The predicted molar refractivity (Wildman–Crippen MR) is 76.7 cm³/mol. The molecule has 0 spiro atoms. The van der Waals surface area contributed by atoms with Crippen LogP contribution in [-0.2, 0) is 9.59 Å². The Labute approximate surface area is 117 Å². The van der Waals surface area contributed by atoms with Gasteiger partial charge < -0.3 is 9.80 Å². The van der Waals surface area contributed by atoms with Crippen molar-refractivity contribution in [1.29, 1.82) is 0 Å². The Hall–Kier alpha value is -1.06. The molecule has 4 nitrogen and oxygen atoms in total. The van der Waals surface area contributed by atoms with Crippen LogP contribution in [0.4, 0.5) is 0 Å². The van der Waals surface area contributed by atoms with Crippen molar-refractivity contribution >= 4 is 11.8 Å². The average molecular weight is 268 g/mol. The van der Waals surface area contributed by atoms with Crippen molar-refractivity contribution < 1.29 is 9.59 Å². The summed E-state index contributed by atoms with van der Waals surface area (Å²) in [6.45, 7) is 11.0. The number of carbonyl (C=O) groups is 2. The summed E-state index contributed by atoms with van der Waals surface area (Å²) < 4.78 is 0. The van der Waals surface area contributed by atoms with E-state index >= 15 is 0 Å². The van der Waals surface area contributed by atoms with Crippen LogP contribution in [0.5, 0.6) is 0 Å². The van der Waals surface area contributed by atoms with E-state index in [1.807, 2.05) is 23.6 Å². The Morgan fingerprint density at radius 3 is 1.95 bits per heavy atom. The summed E-state index contributed by atoms with van der Waals surface area (Å²) in [6, 6.07) is 0. The van der Waals surface area contributed by atoms with Crippen molar-refractivity contribution in [3.63, 3.8) is 0 Å². The van der Waals surface area contributed by atoms with Gasteiger partial charge in [-0.1, -0.05) is 34.1 Å². The Morgan fingerprint density at radius 2 is 1.47 bits per heavy atom. The van der Waals surface area contributed by atoms with Crippen molar-refractivity contribution in [3.8, 4) is 0 Å². The third-order valence-corrected chi connectivity index (χ3v) is 3.61. The summed E-state index contributed by atoms with van der Waals surface area (Å²) in [7, 11) is 0. The van der Waals surface area contributed by atoms with Gasteiger partial charge in [0.25, 0.3) is 0 Å². The van der Waals surface area contributed by atoms with E-state index in [2.05, 4.69) is 13.8 Å². The molecule has 1 rings (SSSR count). The van der Waals surface area contributed by atoms with E-state index in [-0.39, 0.29) is 17.7 Å². The summed E-state index contributed by atoms with van der Waals surface area (Å²) in [6.07, 6.45) is 2.73. The standard InChI is InChI=1S/C15H28N2O2/c1-12(2)6-5-7-14(18)16-8-10-17(11-9-16)15(19)13(3)4/h12-13H,5-11H2,1-4H3. The van der Waals surface area contributed by atoms with Gasteiger partial charge in [0.2, 0.25) is 11.8 Å². The van der Waals surface area contributed by atoms with Gasteiger partial charge >= 0.3 is 0 Å². The summed E-state index contributed by atoms with van der Waals surface area (Å²) >= 11 is 0. The molecule has 0 aromatic rings. The molecule has 0 atom stereocenters. The Kier molecular flexibility index (Phi) is 6.32. The lowest BCUT2D eigenvalue weighted by Gasteiger charge is -2.35. The second-order valence-electron chi connectivity index (χ2n) is 6.15. The maximum absolute atomic E-state index is 12.0. The van der Waals surface area contributed by atoms with E-state index in [9.17, 15) is 9.59 Å². The van der Waals surface area contributed by atoms with Crippen molar-refractivity contribution in [2.75, 3.05) is 26.2 Å². The topological polar surface area (TPSA) is 40.6 Å². The summed E-state index contributed by atoms with van der Waals surface area (Å²) in [5.41, 5.74) is 0. The third kappa shape index (κ3) is 5.21. The Bertz CT molecular complexity index is 305. The highest BCUT2D eigenvalue weighted by Crippen LogP contribution is 2.11. The van der Waals surface area contributed by atoms with Crippen LogP contribution in [0.1, 0.15) is 47.0 Å². The molecule has 0 aromatic carbocycles. The fourth-order valence-electron chi connectivity index (χ4n) is 2.36. The van der Waals surface area contributed by atoms with Gasteiger partial charge in [0.1, 0.15) is 0 Å². The number of nitrogens with zero attached hydrogens (tertiary/aromatic N) is 2. The van der Waals surface area contributed by atoms with Crippen LogP contribution in [0.25, 0.3) is 0 Å². The van der Waals surface area contributed by atoms with Gasteiger partial charge in [-0.25, -0.2) is 0 Å². The number of carbonyl (C=O) groups excluding carboxylic acids is 2. The summed E-state index contributed by atoms with van der Waals surface area (Å²) in [5.74, 6) is 1.16. The fraction of sp³-hybridized carbons (Fsp3) is 0.867. The zero-order valence-corrected chi connectivity index (χ0v) is 12.8. The molecule has 110 valence electrons. The number of piperazine rings is 1. The van der Waals surface area contributed by atoms with Crippen molar-refractivity contribution in [1.82, 2.24) is 9.80 Å². The molecule has 0 bridgehead atoms. The van der Waals surface area contributed by atoms with Gasteiger partial charge in [0.15, 0.2) is 0 Å². The minimum atomic E-state index is 0.0493. The second-order valence-corrected chi connectivity index (χ2v) is 6.15. The van der Waals surface area contributed by atoms with E-state index in [0.717, 1.165) is 12.8 Å². The minimum absolute atomic E-state index is 0.0493. The van der Waals surface area contributed by atoms with Gasteiger partial charge in [-0.3, -0.25) is 9.59 Å². The maximum Gasteiger partial charge on any atom is 0.225 e. The molecule has 4 heteroatoms. The number of hydrogen-bond acceptors (Lipinski definition) is 2. The first kappa shape index (κ1) is 16.0. The molecule has 0 saturated carbocycles. The first-order valence-electron chi connectivity index (χ1n) is 7.48. The second kappa shape index (κ2) is 7.51. The van der Waals surface area contributed by atoms with Crippen LogP contribution in [0, 0.1) is 11.8 Å². The number of rotatable bonds is 5. The lowest BCUT2D eigenvalue weighted by molar-refractivity contribution is -0.141. The molecule has 0 unspecified atom stereocenters. The molecule has 0 N–H and O–H groups in total. The quantitative estimate of drug-likeness (QED) is 0.766. The molecule has 1 saturated heterocycles. The number of amides is 2. The molecule has 1 aliphatic heterocycles. The highest BCUT2D eigenvalue weighted by molar-refractivity contribution is 5.79. The molecular weight excluding hydrogens is 240 g/mol. The fourth-order valence-corrected chi connectivity index (χ4v) is 2.36. The monoisotopic (exact) mass is 268 g/mol. The van der Waals surface area contributed by atoms with E-state index in [0.29, 0.717) is 38.5 Å². The molecule has 0 aliphatic carbocycles. The zero-order valence-electron chi connectivity index (χ0n) is 12.8. The lowest BCUT2D eigenvalue weighted by Crippen LogP contribution is -2.51. The summed E-state index contributed by atoms with van der Waals surface area (Å²) in [4.78, 5) is 27.6. The predicted octanol–water partition coefficient (Wildman–Crippen LogP) is 2.14. The van der Waals surface area contributed by atoms with Crippen LogP contribution >= 0.6 is 0 Å². The lowest BCUT2D eigenvalue weighted by atomic mass is 10.1. The normalized spacial score (nSPS) is 16.3. The van der Waals surface area contributed by atoms with Gasteiger partial charge in [-0.2, -0.15) is 0 Å². The van der Waals surface area contributed by atoms with Crippen LogP contribution in [0.3, 0.4) is 0 Å². The minimum Gasteiger partial charge on any atom is -0.339 e. The van der Waals surface area contributed by atoms with Crippen molar-refractivity contribution in [2.24, 2.45) is 11.8 Å². The van der Waals surface area contributed by atoms with Crippen LogP contribution < -0.4 is 0 Å². The van der Waals surface area contributed by atoms with Gasteiger partial charge in [-0.05, 0) is 12.3 Å². The highest BCUT2D eigenvalue weighted by atomic mass is 16.2. The van der Waals surface area contributed by atoms with Crippen LogP contribution in [0.15, 0.2) is 0 Å². The molecule has 1 fully saturated rings. The number of hydrogen-bond donors (Lipinski definition) is 0. The smallest absolute Gasteiger partial charge is 0.225 e. The third-order valence-electron chi connectivity index (χ3n) is 3.61. The van der Waals surface area contributed by atoms with Crippen LogP contribution in [0.2, 0.25) is 0 Å². The van der Waals surface area contributed by atoms with Crippen molar-refractivity contribution in [3.05, 3.63) is 0 Å². The Morgan fingerprint density at radius 1 is 0.947 bits per heavy atom. The van der Waals surface area contributed by atoms with E-state index < -0.39 is 0 Å². The van der Waals surface area contributed by atoms with Gasteiger partial charge in [0.05, 0.1) is 0 Å². The molecule has 1 heterocycles. The van der Waals surface area contributed by atoms with Gasteiger partial charge in [0, 0.05) is 38.5 Å². The molecule has 0 radical (unpaired) electrons. The van der Waals surface area contributed by atoms with E-state index in [1.165, 1.54) is 0 Å². The molecule has 2 amide bonds. The highest BCUT2D eigenvalue weighted by Gasteiger charge is 2.24. The molecule has 0 aromatic heterocycles. The molecular formula is C15H28N2O2. The zero-order chi connectivity index (χ0) is 14.4. The molecule has 1 aliphatic rings. The van der Waals surface area contributed by atoms with Crippen LogP contribution in [-0.4, -0.2) is 47.8 Å². The first-order chi connectivity index (χ1) is 8.91. The van der Waals surface area contributed by atoms with Gasteiger partial charge in [-0.15, -0.1) is 0 Å². The summed E-state index contributed by atoms with van der Waals surface area (Å²) in [5, 5.41) is 0. The first-order valence-corrected chi connectivity index (χ1v) is 7.48. The average Bonchev–Trinajstić information content (AvgIpc) is 2.37. The van der Waals surface area contributed by atoms with E-state index in [1.54, 1.807) is 0 Å². The SMILES string of the molecule is CC(C)CCCC(=O)N1CCN(C(=O)C(C)C)CC1. The molecule has 19 heavy (non-hydrogen) atoms. The van der Waals surface area contributed by atoms with Crippen molar-refractivity contribution in [2.45, 2.75) is 47.0 Å². The van der Waals surface area contributed by atoms with E-state index in [4.69, 9.17) is 0 Å².